The highest BCUT2D eigenvalue weighted by Crippen LogP contribution is 2.37. The SMILES string of the molecule is CC(C)O[C@H]1CCN(C(=O)C2(O)CC2)C1. The van der Waals surface area contributed by atoms with E-state index in [-0.39, 0.29) is 18.1 Å². The Hall–Kier alpha value is -0.610. The summed E-state index contributed by atoms with van der Waals surface area (Å²) in [5, 5.41) is 9.69. The van der Waals surface area contributed by atoms with E-state index in [1.54, 1.807) is 4.90 Å². The number of likely N-dealkylation sites (tertiary alicyclic amines) is 1. The van der Waals surface area contributed by atoms with E-state index in [1.807, 2.05) is 13.8 Å². The largest absolute Gasteiger partial charge is 0.380 e. The molecule has 1 atom stereocenters. The number of hydrogen-bond donors (Lipinski definition) is 1. The Balaban J connectivity index is 1.84. The third kappa shape index (κ3) is 2.32. The normalized spacial score (nSPS) is 28.5. The van der Waals surface area contributed by atoms with Crippen molar-refractivity contribution in [2.24, 2.45) is 0 Å². The minimum atomic E-state index is -1.02. The molecule has 0 aromatic carbocycles. The average Bonchev–Trinajstić information content (AvgIpc) is 2.75. The molecule has 1 saturated heterocycles. The molecule has 0 bridgehead atoms. The Labute approximate surface area is 90.2 Å². The van der Waals surface area contributed by atoms with Crippen molar-refractivity contribution in [1.29, 1.82) is 0 Å². The van der Waals surface area contributed by atoms with E-state index in [9.17, 15) is 9.90 Å². The van der Waals surface area contributed by atoms with Gasteiger partial charge in [-0.2, -0.15) is 0 Å². The van der Waals surface area contributed by atoms with Crippen LogP contribution in [0, 0.1) is 0 Å². The number of amides is 1. The number of hydrogen-bond acceptors (Lipinski definition) is 3. The first-order valence-corrected chi connectivity index (χ1v) is 5.68. The zero-order chi connectivity index (χ0) is 11.1. The maximum absolute atomic E-state index is 11.8. The van der Waals surface area contributed by atoms with Gasteiger partial charge in [-0.25, -0.2) is 0 Å². The van der Waals surface area contributed by atoms with Crippen LogP contribution in [0.3, 0.4) is 0 Å². The van der Waals surface area contributed by atoms with Crippen molar-refractivity contribution in [1.82, 2.24) is 4.90 Å². The highest BCUT2D eigenvalue weighted by atomic mass is 16.5. The molecule has 0 spiro atoms. The predicted octanol–water partition coefficient (Wildman–Crippen LogP) is 0.537. The lowest BCUT2D eigenvalue weighted by molar-refractivity contribution is -0.142. The summed E-state index contributed by atoms with van der Waals surface area (Å²) >= 11 is 0. The van der Waals surface area contributed by atoms with Crippen LogP contribution in [0.25, 0.3) is 0 Å². The Bertz CT molecular complexity index is 261. The van der Waals surface area contributed by atoms with Crippen molar-refractivity contribution in [2.75, 3.05) is 13.1 Å². The summed E-state index contributed by atoms with van der Waals surface area (Å²) in [6.45, 7) is 5.36. The van der Waals surface area contributed by atoms with Gasteiger partial charge in [0.1, 0.15) is 5.60 Å². The van der Waals surface area contributed by atoms with Gasteiger partial charge in [-0.1, -0.05) is 0 Å². The highest BCUT2D eigenvalue weighted by molar-refractivity contribution is 5.88. The molecule has 1 amide bonds. The highest BCUT2D eigenvalue weighted by Gasteiger charge is 2.51. The molecule has 0 unspecified atom stereocenters. The van der Waals surface area contributed by atoms with E-state index in [0.29, 0.717) is 19.4 Å². The van der Waals surface area contributed by atoms with Gasteiger partial charge in [-0.15, -0.1) is 0 Å². The lowest BCUT2D eigenvalue weighted by Gasteiger charge is -2.20. The van der Waals surface area contributed by atoms with E-state index in [1.165, 1.54) is 0 Å². The zero-order valence-electron chi connectivity index (χ0n) is 9.40. The van der Waals surface area contributed by atoms with Gasteiger partial charge in [0.2, 0.25) is 0 Å². The van der Waals surface area contributed by atoms with E-state index >= 15 is 0 Å². The summed E-state index contributed by atoms with van der Waals surface area (Å²) in [5.74, 6) is -0.0997. The van der Waals surface area contributed by atoms with E-state index < -0.39 is 5.60 Å². The van der Waals surface area contributed by atoms with Crippen LogP contribution in [0.1, 0.15) is 33.1 Å². The minimum Gasteiger partial charge on any atom is -0.380 e. The number of nitrogens with zero attached hydrogens (tertiary/aromatic N) is 1. The van der Waals surface area contributed by atoms with Gasteiger partial charge in [-0.3, -0.25) is 4.79 Å². The van der Waals surface area contributed by atoms with Crippen LogP contribution in [-0.2, 0) is 9.53 Å². The van der Waals surface area contributed by atoms with Gasteiger partial charge in [0, 0.05) is 13.1 Å². The summed E-state index contributed by atoms with van der Waals surface area (Å²) in [6, 6.07) is 0. The van der Waals surface area contributed by atoms with Gasteiger partial charge in [0.15, 0.2) is 0 Å². The maximum Gasteiger partial charge on any atom is 0.254 e. The molecule has 0 aromatic rings. The summed E-state index contributed by atoms with van der Waals surface area (Å²) in [7, 11) is 0. The number of aliphatic hydroxyl groups is 1. The Morgan fingerprint density at radius 1 is 1.53 bits per heavy atom. The van der Waals surface area contributed by atoms with Crippen molar-refractivity contribution >= 4 is 5.91 Å². The molecule has 0 aromatic heterocycles. The van der Waals surface area contributed by atoms with Crippen LogP contribution in [0.4, 0.5) is 0 Å². The van der Waals surface area contributed by atoms with Gasteiger partial charge in [0.05, 0.1) is 12.2 Å². The van der Waals surface area contributed by atoms with Gasteiger partial charge in [-0.05, 0) is 33.1 Å². The first kappa shape index (κ1) is 10.9. The predicted molar refractivity (Wildman–Crippen MR) is 55.4 cm³/mol. The Morgan fingerprint density at radius 2 is 2.20 bits per heavy atom. The molecule has 1 aliphatic carbocycles. The molecule has 1 heterocycles. The van der Waals surface area contributed by atoms with Crippen molar-refractivity contribution < 1.29 is 14.6 Å². The monoisotopic (exact) mass is 213 g/mol. The van der Waals surface area contributed by atoms with Crippen LogP contribution in [-0.4, -0.2) is 46.8 Å². The standard InChI is InChI=1S/C11H19NO3/c1-8(2)15-9-3-6-12(7-9)10(13)11(14)4-5-11/h8-9,14H,3-7H2,1-2H3/t9-/m0/s1. The molecule has 2 aliphatic rings. The minimum absolute atomic E-state index is 0.0997. The molecule has 4 nitrogen and oxygen atoms in total. The smallest absolute Gasteiger partial charge is 0.254 e. The van der Waals surface area contributed by atoms with Crippen LogP contribution in [0.5, 0.6) is 0 Å². The summed E-state index contributed by atoms with van der Waals surface area (Å²) in [5.41, 5.74) is -1.02. The van der Waals surface area contributed by atoms with Crippen LogP contribution >= 0.6 is 0 Å². The van der Waals surface area contributed by atoms with Crippen LogP contribution in [0.15, 0.2) is 0 Å². The van der Waals surface area contributed by atoms with Gasteiger partial charge >= 0.3 is 0 Å². The molecule has 2 fully saturated rings. The molecule has 0 radical (unpaired) electrons. The topological polar surface area (TPSA) is 49.8 Å². The molecular formula is C11H19NO3. The lowest BCUT2D eigenvalue weighted by Crippen LogP contribution is -2.39. The molecule has 86 valence electrons. The second-order valence-corrected chi connectivity index (χ2v) is 4.88. The van der Waals surface area contributed by atoms with Crippen LogP contribution in [0.2, 0.25) is 0 Å². The van der Waals surface area contributed by atoms with Crippen molar-refractivity contribution in [3.8, 4) is 0 Å². The van der Waals surface area contributed by atoms with Gasteiger partial charge in [0.25, 0.3) is 5.91 Å². The second kappa shape index (κ2) is 3.76. The molecule has 15 heavy (non-hydrogen) atoms. The Kier molecular flexibility index (Phi) is 2.73. The first-order valence-electron chi connectivity index (χ1n) is 5.68. The fraction of sp³-hybridized carbons (Fsp3) is 0.909. The Morgan fingerprint density at radius 3 is 2.73 bits per heavy atom. The summed E-state index contributed by atoms with van der Waals surface area (Å²) in [4.78, 5) is 13.5. The number of rotatable bonds is 3. The third-order valence-electron chi connectivity index (χ3n) is 3.02. The zero-order valence-corrected chi connectivity index (χ0v) is 9.40. The van der Waals surface area contributed by atoms with Crippen LogP contribution < -0.4 is 0 Å². The second-order valence-electron chi connectivity index (χ2n) is 4.88. The van der Waals surface area contributed by atoms with Gasteiger partial charge < -0.3 is 14.7 Å². The molecule has 2 rings (SSSR count). The fourth-order valence-corrected chi connectivity index (χ4v) is 2.04. The number of carbonyl (C=O) groups excluding carboxylic acids is 1. The lowest BCUT2D eigenvalue weighted by atomic mass is 10.3. The number of ether oxygens (including phenoxy) is 1. The fourth-order valence-electron chi connectivity index (χ4n) is 2.04. The first-order chi connectivity index (χ1) is 7.01. The molecule has 1 aliphatic heterocycles. The summed E-state index contributed by atoms with van der Waals surface area (Å²) < 4.78 is 5.65. The maximum atomic E-state index is 11.8. The summed E-state index contributed by atoms with van der Waals surface area (Å²) in [6.07, 6.45) is 2.49. The molecule has 1 saturated carbocycles. The average molecular weight is 213 g/mol. The molecule has 1 N–H and O–H groups in total. The number of carbonyl (C=O) groups is 1. The third-order valence-corrected chi connectivity index (χ3v) is 3.02. The van der Waals surface area contributed by atoms with E-state index in [0.717, 1.165) is 13.0 Å². The van der Waals surface area contributed by atoms with Crippen molar-refractivity contribution in [3.05, 3.63) is 0 Å². The van der Waals surface area contributed by atoms with E-state index in [4.69, 9.17) is 4.74 Å². The van der Waals surface area contributed by atoms with E-state index in [2.05, 4.69) is 0 Å². The van der Waals surface area contributed by atoms with Crippen molar-refractivity contribution in [3.63, 3.8) is 0 Å². The quantitative estimate of drug-likeness (QED) is 0.744. The molecular weight excluding hydrogens is 194 g/mol. The van der Waals surface area contributed by atoms with Crippen molar-refractivity contribution in [2.45, 2.75) is 50.9 Å². The molecule has 4 heteroatoms.